The van der Waals surface area contributed by atoms with Crippen LogP contribution in [-0.2, 0) is 9.59 Å². The zero-order valence-electron chi connectivity index (χ0n) is 14.7. The topological polar surface area (TPSA) is 84.9 Å². The van der Waals surface area contributed by atoms with Crippen LogP contribution in [0.2, 0.25) is 5.02 Å². The van der Waals surface area contributed by atoms with Gasteiger partial charge >= 0.3 is 5.97 Å². The number of aliphatic carboxylic acids is 1. The summed E-state index contributed by atoms with van der Waals surface area (Å²) in [6.45, 7) is 4.69. The number of aryl methyl sites for hydroxylation is 1. The monoisotopic (exact) mass is 377 g/mol. The van der Waals surface area contributed by atoms with E-state index < -0.39 is 18.2 Å². The van der Waals surface area contributed by atoms with Crippen LogP contribution in [0.25, 0.3) is 0 Å². The van der Waals surface area contributed by atoms with Crippen molar-refractivity contribution in [3.63, 3.8) is 0 Å². The number of rotatable bonds is 7. The van der Waals surface area contributed by atoms with Crippen LogP contribution in [0.1, 0.15) is 19.4 Å². The van der Waals surface area contributed by atoms with Crippen molar-refractivity contribution in [2.24, 2.45) is 0 Å². The molecule has 0 spiro atoms. The lowest BCUT2D eigenvalue weighted by atomic mass is 10.1. The molecule has 2 rings (SSSR count). The molecule has 0 aromatic heterocycles. The first-order valence-electron chi connectivity index (χ1n) is 7.88. The minimum absolute atomic E-state index is 0.324. The maximum Gasteiger partial charge on any atom is 0.341 e. The van der Waals surface area contributed by atoms with Crippen molar-refractivity contribution in [2.75, 3.05) is 11.9 Å². The number of hydrogen-bond donors (Lipinski definition) is 2. The van der Waals surface area contributed by atoms with Gasteiger partial charge in [-0.15, -0.1) is 0 Å². The lowest BCUT2D eigenvalue weighted by Gasteiger charge is -2.25. The van der Waals surface area contributed by atoms with E-state index >= 15 is 0 Å². The zero-order chi connectivity index (χ0) is 19.3. The molecule has 0 aliphatic heterocycles. The van der Waals surface area contributed by atoms with Crippen LogP contribution in [0, 0.1) is 6.92 Å². The third-order valence-corrected chi connectivity index (χ3v) is 3.79. The van der Waals surface area contributed by atoms with Crippen molar-refractivity contribution in [2.45, 2.75) is 26.4 Å². The van der Waals surface area contributed by atoms with Gasteiger partial charge in [0.1, 0.15) is 11.5 Å². The van der Waals surface area contributed by atoms with Crippen LogP contribution in [0.4, 0.5) is 5.69 Å². The lowest BCUT2D eigenvalue weighted by molar-refractivity contribution is -0.139. The Morgan fingerprint density at radius 1 is 1.12 bits per heavy atom. The molecule has 0 atom stereocenters. The molecule has 0 bridgehead atoms. The number of halogens is 1. The van der Waals surface area contributed by atoms with Crippen LogP contribution < -0.4 is 14.8 Å². The van der Waals surface area contributed by atoms with Crippen molar-refractivity contribution in [1.29, 1.82) is 0 Å². The van der Waals surface area contributed by atoms with Crippen LogP contribution >= 0.6 is 11.6 Å². The highest BCUT2D eigenvalue weighted by molar-refractivity contribution is 6.30. The fourth-order valence-corrected chi connectivity index (χ4v) is 2.25. The molecule has 2 aromatic carbocycles. The predicted molar refractivity (Wildman–Crippen MR) is 99.1 cm³/mol. The Labute approximate surface area is 156 Å². The lowest BCUT2D eigenvalue weighted by Crippen LogP contribution is -2.42. The number of carbonyl (C=O) groups excluding carboxylic acids is 1. The highest BCUT2D eigenvalue weighted by atomic mass is 35.5. The first kappa shape index (κ1) is 19.6. The van der Waals surface area contributed by atoms with Gasteiger partial charge in [-0.05, 0) is 68.8 Å². The Hall–Kier alpha value is -2.73. The fourth-order valence-electron chi connectivity index (χ4n) is 2.13. The highest BCUT2D eigenvalue weighted by Crippen LogP contribution is 2.25. The van der Waals surface area contributed by atoms with Crippen molar-refractivity contribution in [3.8, 4) is 11.5 Å². The summed E-state index contributed by atoms with van der Waals surface area (Å²) in [5, 5.41) is 12.0. The van der Waals surface area contributed by atoms with Crippen molar-refractivity contribution >= 4 is 29.2 Å². The van der Waals surface area contributed by atoms with Gasteiger partial charge in [0.05, 0.1) is 0 Å². The molecule has 1 amide bonds. The fraction of sp³-hybridized carbons (Fsp3) is 0.263. The van der Waals surface area contributed by atoms with Gasteiger partial charge in [-0.2, -0.15) is 0 Å². The molecule has 6 nitrogen and oxygen atoms in total. The van der Waals surface area contributed by atoms with E-state index in [4.69, 9.17) is 26.2 Å². The van der Waals surface area contributed by atoms with E-state index in [9.17, 15) is 9.59 Å². The average Bonchev–Trinajstić information content (AvgIpc) is 2.57. The predicted octanol–water partition coefficient (Wildman–Crippen LogP) is 3.91. The van der Waals surface area contributed by atoms with Gasteiger partial charge in [-0.1, -0.05) is 11.6 Å². The Balaban J connectivity index is 2.05. The number of hydrogen-bond acceptors (Lipinski definition) is 4. The Kier molecular flexibility index (Phi) is 6.10. The summed E-state index contributed by atoms with van der Waals surface area (Å²) < 4.78 is 10.9. The Morgan fingerprint density at radius 2 is 1.73 bits per heavy atom. The van der Waals surface area contributed by atoms with Crippen LogP contribution in [0.3, 0.4) is 0 Å². The summed E-state index contributed by atoms with van der Waals surface area (Å²) in [5.41, 5.74) is 0.215. The molecule has 26 heavy (non-hydrogen) atoms. The molecule has 0 aliphatic rings. The normalized spacial score (nSPS) is 10.9. The number of benzene rings is 2. The molecule has 0 unspecified atom stereocenters. The summed E-state index contributed by atoms with van der Waals surface area (Å²) in [6.07, 6.45) is 0. The van der Waals surface area contributed by atoms with E-state index in [0.717, 1.165) is 5.56 Å². The molecule has 0 saturated carbocycles. The van der Waals surface area contributed by atoms with E-state index in [2.05, 4.69) is 5.32 Å². The molecule has 0 radical (unpaired) electrons. The molecule has 138 valence electrons. The van der Waals surface area contributed by atoms with Gasteiger partial charge in [0.25, 0.3) is 5.91 Å². The molecule has 0 aliphatic carbocycles. The average molecular weight is 378 g/mol. The molecule has 2 N–H and O–H groups in total. The third-order valence-electron chi connectivity index (χ3n) is 3.54. The molecule has 0 heterocycles. The van der Waals surface area contributed by atoms with Gasteiger partial charge < -0.3 is 19.9 Å². The number of nitrogens with one attached hydrogen (secondary N) is 1. The van der Waals surface area contributed by atoms with Crippen LogP contribution in [0.15, 0.2) is 42.5 Å². The number of amides is 1. The van der Waals surface area contributed by atoms with Gasteiger partial charge in [0, 0.05) is 10.7 Å². The highest BCUT2D eigenvalue weighted by Gasteiger charge is 2.30. The summed E-state index contributed by atoms with van der Waals surface area (Å²) in [6, 6.07) is 11.7. The molecule has 0 fully saturated rings. The van der Waals surface area contributed by atoms with Crippen LogP contribution in [0.5, 0.6) is 11.5 Å². The molecule has 7 heteroatoms. The summed E-state index contributed by atoms with van der Waals surface area (Å²) in [5.74, 6) is -0.431. The Morgan fingerprint density at radius 3 is 2.31 bits per heavy atom. The minimum atomic E-state index is -1.11. The molecular formula is C19H20ClNO5. The van der Waals surface area contributed by atoms with Gasteiger partial charge in [0.2, 0.25) is 0 Å². The smallest absolute Gasteiger partial charge is 0.341 e. The van der Waals surface area contributed by atoms with E-state index in [1.54, 1.807) is 63.2 Å². The second kappa shape index (κ2) is 8.10. The SMILES string of the molecule is Cc1cc(OCC(=O)O)ccc1NC(=O)C(C)(C)Oc1ccc(Cl)cc1. The van der Waals surface area contributed by atoms with Crippen LogP contribution in [-0.4, -0.2) is 29.2 Å². The maximum atomic E-state index is 12.6. The van der Waals surface area contributed by atoms with E-state index in [1.807, 2.05) is 0 Å². The first-order valence-corrected chi connectivity index (χ1v) is 8.26. The summed E-state index contributed by atoms with van der Waals surface area (Å²) in [7, 11) is 0. The van der Waals surface area contributed by atoms with Crippen molar-refractivity contribution in [1.82, 2.24) is 0 Å². The van der Waals surface area contributed by atoms with E-state index in [1.165, 1.54) is 0 Å². The second-order valence-corrected chi connectivity index (χ2v) is 6.62. The second-order valence-electron chi connectivity index (χ2n) is 6.18. The quantitative estimate of drug-likeness (QED) is 0.764. The number of ether oxygens (including phenoxy) is 2. The standard InChI is InChI=1S/C19H20ClNO5/c1-12-10-15(25-11-17(22)23)8-9-16(12)21-18(24)19(2,3)26-14-6-4-13(20)5-7-14/h4-10H,11H2,1-3H3,(H,21,24)(H,22,23). The molecule has 0 saturated heterocycles. The largest absolute Gasteiger partial charge is 0.482 e. The first-order chi connectivity index (χ1) is 12.2. The summed E-state index contributed by atoms with van der Waals surface area (Å²) >= 11 is 5.85. The molecule has 2 aromatic rings. The number of carbonyl (C=O) groups is 2. The number of carboxylic acid groups (broad SMARTS) is 1. The van der Waals surface area contributed by atoms with Gasteiger partial charge in [-0.3, -0.25) is 4.79 Å². The third kappa shape index (κ3) is 5.39. The minimum Gasteiger partial charge on any atom is -0.482 e. The van der Waals surface area contributed by atoms with Gasteiger partial charge in [0.15, 0.2) is 12.2 Å². The summed E-state index contributed by atoms with van der Waals surface area (Å²) in [4.78, 5) is 23.1. The molecular weight excluding hydrogens is 358 g/mol. The van der Waals surface area contributed by atoms with Crippen molar-refractivity contribution in [3.05, 3.63) is 53.1 Å². The van der Waals surface area contributed by atoms with E-state index in [-0.39, 0.29) is 5.91 Å². The van der Waals surface area contributed by atoms with Crippen molar-refractivity contribution < 1.29 is 24.2 Å². The van der Waals surface area contributed by atoms with E-state index in [0.29, 0.717) is 22.2 Å². The number of anilines is 1. The number of carboxylic acids is 1. The maximum absolute atomic E-state index is 12.6. The zero-order valence-corrected chi connectivity index (χ0v) is 15.5. The van der Waals surface area contributed by atoms with Gasteiger partial charge in [-0.25, -0.2) is 4.79 Å². The Bertz CT molecular complexity index is 802.